The molecule has 1 heterocycles. The molecule has 0 aliphatic rings. The fourth-order valence-corrected chi connectivity index (χ4v) is 2.70. The molecular formula is C19H20N2O2. The summed E-state index contributed by atoms with van der Waals surface area (Å²) >= 11 is 0. The zero-order chi connectivity index (χ0) is 16.2. The summed E-state index contributed by atoms with van der Waals surface area (Å²) in [5.41, 5.74) is 3.05. The van der Waals surface area contributed by atoms with Gasteiger partial charge in [0.05, 0.1) is 12.8 Å². The number of nitrogens with zero attached hydrogens (tertiary/aromatic N) is 1. The Morgan fingerprint density at radius 2 is 2.00 bits per heavy atom. The summed E-state index contributed by atoms with van der Waals surface area (Å²) < 4.78 is 7.21. The monoisotopic (exact) mass is 308 g/mol. The number of carbonyl (C=O) groups excluding carboxylic acids is 1. The molecule has 23 heavy (non-hydrogen) atoms. The van der Waals surface area contributed by atoms with E-state index >= 15 is 0 Å². The van der Waals surface area contributed by atoms with Gasteiger partial charge < -0.3 is 14.6 Å². The summed E-state index contributed by atoms with van der Waals surface area (Å²) in [6.07, 6.45) is 2.96. The Morgan fingerprint density at radius 1 is 1.17 bits per heavy atom. The number of para-hydroxylation sites is 2. The molecule has 0 aliphatic carbocycles. The van der Waals surface area contributed by atoms with E-state index in [0.29, 0.717) is 11.4 Å². The highest BCUT2D eigenvalue weighted by molar-refractivity contribution is 5.93. The SMILES string of the molecule is CCc1ccc2c(ccn2CC(=O)Nc2ccccc2OC)c1. The van der Waals surface area contributed by atoms with Crippen LogP contribution < -0.4 is 10.1 Å². The lowest BCUT2D eigenvalue weighted by molar-refractivity contribution is -0.116. The molecule has 3 rings (SSSR count). The highest BCUT2D eigenvalue weighted by atomic mass is 16.5. The van der Waals surface area contributed by atoms with Crippen molar-refractivity contribution in [3.63, 3.8) is 0 Å². The highest BCUT2D eigenvalue weighted by Crippen LogP contribution is 2.23. The zero-order valence-corrected chi connectivity index (χ0v) is 13.4. The van der Waals surface area contributed by atoms with Gasteiger partial charge in [0, 0.05) is 11.7 Å². The van der Waals surface area contributed by atoms with Crippen LogP contribution in [0.25, 0.3) is 10.9 Å². The van der Waals surface area contributed by atoms with E-state index in [1.54, 1.807) is 7.11 Å². The van der Waals surface area contributed by atoms with Crippen molar-refractivity contribution in [2.45, 2.75) is 19.9 Å². The molecule has 4 heteroatoms. The minimum absolute atomic E-state index is 0.0773. The van der Waals surface area contributed by atoms with E-state index in [4.69, 9.17) is 4.74 Å². The van der Waals surface area contributed by atoms with E-state index in [1.807, 2.05) is 41.1 Å². The van der Waals surface area contributed by atoms with E-state index in [1.165, 1.54) is 5.56 Å². The van der Waals surface area contributed by atoms with Gasteiger partial charge in [-0.1, -0.05) is 25.1 Å². The summed E-state index contributed by atoms with van der Waals surface area (Å²) in [6.45, 7) is 2.41. The van der Waals surface area contributed by atoms with Gasteiger partial charge in [0.1, 0.15) is 12.3 Å². The fraction of sp³-hybridized carbons (Fsp3) is 0.211. The first kappa shape index (κ1) is 15.2. The van der Waals surface area contributed by atoms with Crippen molar-refractivity contribution in [2.24, 2.45) is 0 Å². The van der Waals surface area contributed by atoms with Gasteiger partial charge in [0.25, 0.3) is 0 Å². The Morgan fingerprint density at radius 3 is 2.78 bits per heavy atom. The number of amides is 1. The van der Waals surface area contributed by atoms with Gasteiger partial charge in [-0.15, -0.1) is 0 Å². The molecule has 0 spiro atoms. The topological polar surface area (TPSA) is 43.3 Å². The molecule has 1 amide bonds. The maximum atomic E-state index is 12.3. The summed E-state index contributed by atoms with van der Waals surface area (Å²) in [6, 6.07) is 15.8. The number of aryl methyl sites for hydroxylation is 1. The molecule has 0 fully saturated rings. The Bertz CT molecular complexity index is 836. The molecule has 0 aliphatic heterocycles. The van der Waals surface area contributed by atoms with Crippen molar-refractivity contribution < 1.29 is 9.53 Å². The van der Waals surface area contributed by atoms with Crippen molar-refractivity contribution in [1.29, 1.82) is 0 Å². The van der Waals surface area contributed by atoms with Gasteiger partial charge in [0.15, 0.2) is 0 Å². The summed E-state index contributed by atoms with van der Waals surface area (Å²) in [5.74, 6) is 0.581. The second kappa shape index (κ2) is 6.57. The third kappa shape index (κ3) is 3.21. The molecule has 0 saturated heterocycles. The standard InChI is InChI=1S/C19H20N2O2/c1-3-14-8-9-17-15(12-14)10-11-21(17)13-19(22)20-16-6-4-5-7-18(16)23-2/h4-12H,3,13H2,1-2H3,(H,20,22). The molecule has 0 saturated carbocycles. The highest BCUT2D eigenvalue weighted by Gasteiger charge is 2.09. The summed E-state index contributed by atoms with van der Waals surface area (Å²) in [4.78, 5) is 12.3. The number of rotatable bonds is 5. The molecule has 1 N–H and O–H groups in total. The van der Waals surface area contributed by atoms with Crippen LogP contribution in [0.3, 0.4) is 0 Å². The van der Waals surface area contributed by atoms with Crippen LogP contribution in [-0.4, -0.2) is 17.6 Å². The van der Waals surface area contributed by atoms with Gasteiger partial charge >= 0.3 is 0 Å². The van der Waals surface area contributed by atoms with Crippen molar-refractivity contribution in [3.05, 3.63) is 60.3 Å². The summed E-state index contributed by atoms with van der Waals surface area (Å²) in [7, 11) is 1.59. The van der Waals surface area contributed by atoms with Gasteiger partial charge in [0.2, 0.25) is 5.91 Å². The maximum Gasteiger partial charge on any atom is 0.244 e. The van der Waals surface area contributed by atoms with Crippen LogP contribution in [-0.2, 0) is 17.8 Å². The third-order valence-electron chi connectivity index (χ3n) is 3.94. The van der Waals surface area contributed by atoms with E-state index in [0.717, 1.165) is 17.3 Å². The van der Waals surface area contributed by atoms with Crippen LogP contribution in [0.4, 0.5) is 5.69 Å². The zero-order valence-electron chi connectivity index (χ0n) is 13.4. The number of fused-ring (bicyclic) bond motifs is 1. The van der Waals surface area contributed by atoms with Crippen LogP contribution in [0.15, 0.2) is 54.7 Å². The molecule has 0 unspecified atom stereocenters. The normalized spacial score (nSPS) is 10.7. The number of methoxy groups -OCH3 is 1. The van der Waals surface area contributed by atoms with E-state index in [-0.39, 0.29) is 12.5 Å². The van der Waals surface area contributed by atoms with Crippen LogP contribution >= 0.6 is 0 Å². The fourth-order valence-electron chi connectivity index (χ4n) is 2.70. The van der Waals surface area contributed by atoms with Crippen LogP contribution in [0, 0.1) is 0 Å². The largest absolute Gasteiger partial charge is 0.495 e. The molecule has 2 aromatic carbocycles. The first-order chi connectivity index (χ1) is 11.2. The number of carbonyl (C=O) groups is 1. The number of anilines is 1. The second-order valence-electron chi connectivity index (χ2n) is 5.44. The van der Waals surface area contributed by atoms with Crippen LogP contribution in [0.2, 0.25) is 0 Å². The summed E-state index contributed by atoms with van der Waals surface area (Å²) in [5, 5.41) is 4.06. The lowest BCUT2D eigenvalue weighted by Gasteiger charge is -2.11. The maximum absolute atomic E-state index is 12.3. The molecule has 4 nitrogen and oxygen atoms in total. The molecule has 0 radical (unpaired) electrons. The molecular weight excluding hydrogens is 288 g/mol. The number of benzene rings is 2. The van der Waals surface area contributed by atoms with Gasteiger partial charge in [-0.25, -0.2) is 0 Å². The second-order valence-corrected chi connectivity index (χ2v) is 5.44. The Balaban J connectivity index is 1.78. The van der Waals surface area contributed by atoms with Crippen molar-refractivity contribution >= 4 is 22.5 Å². The van der Waals surface area contributed by atoms with Crippen LogP contribution in [0.5, 0.6) is 5.75 Å². The molecule has 0 bridgehead atoms. The average Bonchev–Trinajstić information content (AvgIpc) is 2.97. The lowest BCUT2D eigenvalue weighted by atomic mass is 10.1. The number of hydrogen-bond acceptors (Lipinski definition) is 2. The predicted octanol–water partition coefficient (Wildman–Crippen LogP) is 3.85. The predicted molar refractivity (Wildman–Crippen MR) is 92.9 cm³/mol. The average molecular weight is 308 g/mol. The quantitative estimate of drug-likeness (QED) is 0.778. The Kier molecular flexibility index (Phi) is 4.33. The van der Waals surface area contributed by atoms with Crippen molar-refractivity contribution in [3.8, 4) is 5.75 Å². The molecule has 118 valence electrons. The third-order valence-corrected chi connectivity index (χ3v) is 3.94. The molecule has 3 aromatic rings. The number of hydrogen-bond donors (Lipinski definition) is 1. The number of nitrogens with one attached hydrogen (secondary N) is 1. The van der Waals surface area contributed by atoms with E-state index < -0.39 is 0 Å². The van der Waals surface area contributed by atoms with E-state index in [9.17, 15) is 4.79 Å². The van der Waals surface area contributed by atoms with Gasteiger partial charge in [-0.2, -0.15) is 0 Å². The number of ether oxygens (including phenoxy) is 1. The molecule has 1 aromatic heterocycles. The Hall–Kier alpha value is -2.75. The minimum Gasteiger partial charge on any atom is -0.495 e. The van der Waals surface area contributed by atoms with Crippen molar-refractivity contribution in [1.82, 2.24) is 4.57 Å². The first-order valence-electron chi connectivity index (χ1n) is 7.72. The lowest BCUT2D eigenvalue weighted by Crippen LogP contribution is -2.18. The molecule has 0 atom stereocenters. The Labute approximate surface area is 135 Å². The number of aromatic nitrogens is 1. The first-order valence-corrected chi connectivity index (χ1v) is 7.72. The van der Waals surface area contributed by atoms with E-state index in [2.05, 4.69) is 30.4 Å². The smallest absolute Gasteiger partial charge is 0.244 e. The van der Waals surface area contributed by atoms with Crippen LogP contribution in [0.1, 0.15) is 12.5 Å². The minimum atomic E-state index is -0.0773. The van der Waals surface area contributed by atoms with Gasteiger partial charge in [-0.3, -0.25) is 4.79 Å². The van der Waals surface area contributed by atoms with Gasteiger partial charge in [-0.05, 0) is 47.7 Å². The van der Waals surface area contributed by atoms with Crippen molar-refractivity contribution in [2.75, 3.05) is 12.4 Å².